The normalized spacial score (nSPS) is 20.2. The standard InChI is InChI=1S/C20H25F3N2O5S/c21-15-6-5-14(11-16(15)30-12-17(22)23)20(7-8-20)25-31(28,29)9-3-1-2-4-13-10-18(26)24-19(13)27/h5-6,11,13,17,25H,1-4,7-10,12H2,(H,24,26,27). The van der Waals surface area contributed by atoms with Crippen molar-refractivity contribution in [1.82, 2.24) is 10.0 Å². The van der Waals surface area contributed by atoms with Crippen LogP contribution in [-0.2, 0) is 25.2 Å². The third kappa shape index (κ3) is 6.42. The molecule has 1 aliphatic carbocycles. The highest BCUT2D eigenvalue weighted by molar-refractivity contribution is 7.89. The van der Waals surface area contributed by atoms with E-state index in [9.17, 15) is 31.2 Å². The number of alkyl halides is 2. The highest BCUT2D eigenvalue weighted by atomic mass is 32.2. The molecule has 31 heavy (non-hydrogen) atoms. The van der Waals surface area contributed by atoms with Crippen LogP contribution in [0.3, 0.4) is 0 Å². The number of carbonyl (C=O) groups excluding carboxylic acids is 2. The van der Waals surface area contributed by atoms with Gasteiger partial charge in [0.15, 0.2) is 11.6 Å². The molecule has 0 bridgehead atoms. The van der Waals surface area contributed by atoms with Gasteiger partial charge in [-0.1, -0.05) is 18.9 Å². The van der Waals surface area contributed by atoms with E-state index in [4.69, 9.17) is 4.74 Å². The summed E-state index contributed by atoms with van der Waals surface area (Å²) in [7, 11) is -3.63. The topological polar surface area (TPSA) is 102 Å². The molecule has 11 heteroatoms. The first-order chi connectivity index (χ1) is 14.6. The van der Waals surface area contributed by atoms with Gasteiger partial charge in [-0.3, -0.25) is 14.9 Å². The Balaban J connectivity index is 1.49. The number of imide groups is 1. The van der Waals surface area contributed by atoms with E-state index < -0.39 is 34.4 Å². The molecule has 1 aromatic rings. The summed E-state index contributed by atoms with van der Waals surface area (Å²) in [5, 5.41) is 2.25. The van der Waals surface area contributed by atoms with Gasteiger partial charge in [0.2, 0.25) is 21.8 Å². The van der Waals surface area contributed by atoms with Crippen molar-refractivity contribution in [3.63, 3.8) is 0 Å². The second-order valence-electron chi connectivity index (χ2n) is 8.01. The van der Waals surface area contributed by atoms with Crippen LogP contribution in [-0.4, -0.2) is 39.0 Å². The second-order valence-corrected chi connectivity index (χ2v) is 9.86. The Bertz CT molecular complexity index is 935. The SMILES string of the molecule is O=C1CC(CCCCCS(=O)(=O)NC2(c3ccc(F)c(OCC(F)F)c3)CC2)C(=O)N1. The molecule has 2 amide bonds. The number of hydrogen-bond acceptors (Lipinski definition) is 5. The van der Waals surface area contributed by atoms with Gasteiger partial charge >= 0.3 is 0 Å². The van der Waals surface area contributed by atoms with Crippen LogP contribution in [0.15, 0.2) is 18.2 Å². The lowest BCUT2D eigenvalue weighted by Gasteiger charge is -2.19. The molecule has 0 aromatic heterocycles. The molecule has 1 atom stereocenters. The molecular weight excluding hydrogens is 437 g/mol. The monoisotopic (exact) mass is 462 g/mol. The van der Waals surface area contributed by atoms with Gasteiger partial charge in [0.1, 0.15) is 6.61 Å². The number of amides is 2. The fraction of sp³-hybridized carbons (Fsp3) is 0.600. The van der Waals surface area contributed by atoms with Crippen LogP contribution in [0.25, 0.3) is 0 Å². The number of ether oxygens (including phenoxy) is 1. The summed E-state index contributed by atoms with van der Waals surface area (Å²) in [4.78, 5) is 22.7. The molecule has 0 radical (unpaired) electrons. The third-order valence-corrected chi connectivity index (χ3v) is 7.01. The smallest absolute Gasteiger partial charge is 0.272 e. The third-order valence-electron chi connectivity index (χ3n) is 5.48. The molecule has 172 valence electrons. The fourth-order valence-electron chi connectivity index (χ4n) is 3.69. The number of benzene rings is 1. The molecule has 1 saturated heterocycles. The summed E-state index contributed by atoms with van der Waals surface area (Å²) in [5.41, 5.74) is -0.406. The summed E-state index contributed by atoms with van der Waals surface area (Å²) >= 11 is 0. The van der Waals surface area contributed by atoms with Gasteiger partial charge in [0, 0.05) is 12.3 Å². The summed E-state index contributed by atoms with van der Waals surface area (Å²) in [6.07, 6.45) is 0.602. The molecule has 7 nitrogen and oxygen atoms in total. The summed E-state index contributed by atoms with van der Waals surface area (Å²) in [6.45, 7) is -0.949. The van der Waals surface area contributed by atoms with Gasteiger partial charge in [0.25, 0.3) is 6.43 Å². The zero-order chi connectivity index (χ0) is 22.6. The van der Waals surface area contributed by atoms with E-state index in [0.29, 0.717) is 44.1 Å². The number of halogens is 3. The number of hydrogen-bond donors (Lipinski definition) is 2. The Morgan fingerprint density at radius 2 is 1.94 bits per heavy atom. The number of unbranched alkanes of at least 4 members (excludes halogenated alkanes) is 2. The van der Waals surface area contributed by atoms with E-state index in [1.165, 1.54) is 12.1 Å². The van der Waals surface area contributed by atoms with Crippen molar-refractivity contribution in [2.45, 2.75) is 56.9 Å². The van der Waals surface area contributed by atoms with Crippen molar-refractivity contribution < 1.29 is 35.9 Å². The Morgan fingerprint density at radius 3 is 2.55 bits per heavy atom. The lowest BCUT2D eigenvalue weighted by atomic mass is 10.00. The first-order valence-electron chi connectivity index (χ1n) is 10.2. The van der Waals surface area contributed by atoms with Gasteiger partial charge in [-0.15, -0.1) is 0 Å². The van der Waals surface area contributed by atoms with Crippen molar-refractivity contribution in [2.75, 3.05) is 12.4 Å². The predicted octanol–water partition coefficient (Wildman–Crippen LogP) is 2.60. The van der Waals surface area contributed by atoms with Crippen molar-refractivity contribution in [1.29, 1.82) is 0 Å². The Labute approximate surface area is 178 Å². The van der Waals surface area contributed by atoms with Crippen molar-refractivity contribution >= 4 is 21.8 Å². The van der Waals surface area contributed by atoms with Crippen LogP contribution in [0, 0.1) is 11.7 Å². The second kappa shape index (κ2) is 9.56. The average molecular weight is 462 g/mol. The minimum absolute atomic E-state index is 0.111. The van der Waals surface area contributed by atoms with Gasteiger partial charge in [0.05, 0.1) is 11.3 Å². The van der Waals surface area contributed by atoms with Crippen molar-refractivity contribution in [3.05, 3.63) is 29.6 Å². The van der Waals surface area contributed by atoms with Gasteiger partial charge in [-0.05, 0) is 43.4 Å². The lowest BCUT2D eigenvalue weighted by molar-refractivity contribution is -0.125. The molecule has 2 aliphatic rings. The van der Waals surface area contributed by atoms with Gasteiger partial charge in [-0.2, -0.15) is 0 Å². The maximum atomic E-state index is 13.8. The van der Waals surface area contributed by atoms with Crippen LogP contribution in [0.4, 0.5) is 13.2 Å². The first-order valence-corrected chi connectivity index (χ1v) is 11.8. The number of carbonyl (C=O) groups is 2. The van der Waals surface area contributed by atoms with E-state index in [2.05, 4.69) is 10.0 Å². The van der Waals surface area contributed by atoms with Crippen LogP contribution in [0.2, 0.25) is 0 Å². The molecule has 0 spiro atoms. The maximum absolute atomic E-state index is 13.8. The zero-order valence-corrected chi connectivity index (χ0v) is 17.7. The van der Waals surface area contributed by atoms with Crippen molar-refractivity contribution in [3.8, 4) is 5.75 Å². The Kier molecular flexibility index (Phi) is 7.25. The molecule has 3 rings (SSSR count). The fourth-order valence-corrected chi connectivity index (χ4v) is 5.29. The van der Waals surface area contributed by atoms with Crippen LogP contribution >= 0.6 is 0 Å². The van der Waals surface area contributed by atoms with E-state index in [0.717, 1.165) is 6.07 Å². The molecule has 2 fully saturated rings. The predicted molar refractivity (Wildman–Crippen MR) is 105 cm³/mol. The summed E-state index contributed by atoms with van der Waals surface area (Å²) < 4.78 is 71.0. The molecular formula is C20H25F3N2O5S. The van der Waals surface area contributed by atoms with Crippen LogP contribution < -0.4 is 14.8 Å². The molecule has 1 unspecified atom stereocenters. The highest BCUT2D eigenvalue weighted by Gasteiger charge is 2.47. The van der Waals surface area contributed by atoms with Gasteiger partial charge < -0.3 is 4.74 Å². The lowest BCUT2D eigenvalue weighted by Crippen LogP contribution is -2.36. The molecule has 1 heterocycles. The molecule has 1 saturated carbocycles. The number of sulfonamides is 1. The number of nitrogens with one attached hydrogen (secondary N) is 2. The largest absolute Gasteiger partial charge is 0.485 e. The van der Waals surface area contributed by atoms with E-state index in [1.54, 1.807) is 0 Å². The quantitative estimate of drug-likeness (QED) is 0.367. The Hall–Kier alpha value is -2.14. The molecule has 2 N–H and O–H groups in total. The van der Waals surface area contributed by atoms with E-state index in [-0.39, 0.29) is 35.7 Å². The Morgan fingerprint density at radius 1 is 1.19 bits per heavy atom. The maximum Gasteiger partial charge on any atom is 0.272 e. The van der Waals surface area contributed by atoms with Crippen LogP contribution in [0.5, 0.6) is 5.75 Å². The minimum atomic E-state index is -3.63. The first kappa shape index (κ1) is 23.5. The zero-order valence-electron chi connectivity index (χ0n) is 16.8. The summed E-state index contributed by atoms with van der Waals surface area (Å²) in [5.74, 6) is -2.12. The molecule has 1 aliphatic heterocycles. The minimum Gasteiger partial charge on any atom is -0.485 e. The van der Waals surface area contributed by atoms with Gasteiger partial charge in [-0.25, -0.2) is 26.3 Å². The van der Waals surface area contributed by atoms with E-state index >= 15 is 0 Å². The average Bonchev–Trinajstić information content (AvgIpc) is 3.37. The number of rotatable bonds is 12. The molecule has 1 aromatic carbocycles. The summed E-state index contributed by atoms with van der Waals surface area (Å²) in [6, 6.07) is 3.77. The van der Waals surface area contributed by atoms with E-state index in [1.807, 2.05) is 0 Å². The van der Waals surface area contributed by atoms with Crippen molar-refractivity contribution in [2.24, 2.45) is 5.92 Å². The highest BCUT2D eigenvalue weighted by Crippen LogP contribution is 2.47. The van der Waals surface area contributed by atoms with Crippen LogP contribution in [0.1, 0.15) is 50.5 Å².